The zero-order valence-corrected chi connectivity index (χ0v) is 19.7. The van der Waals surface area contributed by atoms with Gasteiger partial charge < -0.3 is 10.1 Å². The fourth-order valence-electron chi connectivity index (χ4n) is 4.12. The molecule has 2 atom stereocenters. The highest BCUT2D eigenvalue weighted by molar-refractivity contribution is 6.23. The maximum atomic E-state index is 13.1. The molecule has 1 aromatic heterocycles. The summed E-state index contributed by atoms with van der Waals surface area (Å²) in [6.45, 7) is 2.69. The summed E-state index contributed by atoms with van der Waals surface area (Å²) in [4.78, 5) is 81.9. The number of likely N-dealkylation sites (tertiary alicyclic amines) is 1. The number of esters is 1. The van der Waals surface area contributed by atoms with Crippen LogP contribution in [0.4, 0.5) is 0 Å². The Hall–Kier alpha value is -4.41. The van der Waals surface area contributed by atoms with Crippen molar-refractivity contribution in [2.24, 2.45) is 5.92 Å². The van der Waals surface area contributed by atoms with Gasteiger partial charge in [-0.3, -0.25) is 33.9 Å². The van der Waals surface area contributed by atoms with E-state index in [2.05, 4.69) is 10.3 Å². The van der Waals surface area contributed by atoms with E-state index in [4.69, 9.17) is 4.74 Å². The molecule has 1 saturated heterocycles. The lowest BCUT2D eigenvalue weighted by Crippen LogP contribution is -2.57. The van der Waals surface area contributed by atoms with Gasteiger partial charge in [0.25, 0.3) is 23.6 Å². The number of piperidine rings is 1. The number of ether oxygens (including phenoxy) is 1. The summed E-state index contributed by atoms with van der Waals surface area (Å²) in [5.41, 5.74) is 0.629. The second-order valence-electron chi connectivity index (χ2n) is 8.77. The number of hydrogen-bond acceptors (Lipinski definition) is 8. The SMILES string of the molecule is CC(C)C(NC(=O)c1cccnc1)C(=O)OCN1C(=O)CCC(N2C(=O)c3ccccc3C2=O)C1=O. The first-order chi connectivity index (χ1) is 17.2. The minimum Gasteiger partial charge on any atom is -0.442 e. The molecule has 11 nitrogen and oxygen atoms in total. The Labute approximate surface area is 206 Å². The summed E-state index contributed by atoms with van der Waals surface area (Å²) in [6.07, 6.45) is 2.71. The molecule has 0 radical (unpaired) electrons. The molecular formula is C25H24N4O7. The van der Waals surface area contributed by atoms with Crippen molar-refractivity contribution in [2.75, 3.05) is 6.73 Å². The van der Waals surface area contributed by atoms with Crippen molar-refractivity contribution in [1.82, 2.24) is 20.1 Å². The Morgan fingerprint density at radius 1 is 1.06 bits per heavy atom. The molecule has 1 aromatic carbocycles. The van der Waals surface area contributed by atoms with E-state index >= 15 is 0 Å². The molecule has 5 amide bonds. The maximum absolute atomic E-state index is 13.1. The van der Waals surface area contributed by atoms with Gasteiger partial charge in [0.2, 0.25) is 5.91 Å². The van der Waals surface area contributed by atoms with Gasteiger partial charge in [0.15, 0.2) is 6.73 Å². The Kier molecular flexibility index (Phi) is 6.91. The van der Waals surface area contributed by atoms with Crippen molar-refractivity contribution in [3.8, 4) is 0 Å². The molecule has 4 rings (SSSR count). The number of carbonyl (C=O) groups is 6. The van der Waals surface area contributed by atoms with Crippen LogP contribution in [0.5, 0.6) is 0 Å². The van der Waals surface area contributed by atoms with Crippen LogP contribution in [0.15, 0.2) is 48.8 Å². The van der Waals surface area contributed by atoms with Crippen LogP contribution in [-0.4, -0.2) is 69.1 Å². The molecule has 2 aromatic rings. The molecule has 1 N–H and O–H groups in total. The van der Waals surface area contributed by atoms with E-state index in [0.717, 1.165) is 9.80 Å². The molecule has 3 heterocycles. The normalized spacial score (nSPS) is 18.4. The number of imide groups is 2. The number of hydrogen-bond donors (Lipinski definition) is 1. The van der Waals surface area contributed by atoms with E-state index in [1.165, 1.54) is 30.6 Å². The highest BCUT2D eigenvalue weighted by atomic mass is 16.5. The van der Waals surface area contributed by atoms with Crippen molar-refractivity contribution in [1.29, 1.82) is 0 Å². The zero-order valence-electron chi connectivity index (χ0n) is 19.7. The van der Waals surface area contributed by atoms with Crippen LogP contribution >= 0.6 is 0 Å². The molecular weight excluding hydrogens is 468 g/mol. The lowest BCUT2D eigenvalue weighted by Gasteiger charge is -2.34. The maximum Gasteiger partial charge on any atom is 0.330 e. The van der Waals surface area contributed by atoms with Gasteiger partial charge in [-0.05, 0) is 36.6 Å². The molecule has 11 heteroatoms. The van der Waals surface area contributed by atoms with Crippen LogP contribution < -0.4 is 5.32 Å². The van der Waals surface area contributed by atoms with Gasteiger partial charge in [-0.1, -0.05) is 26.0 Å². The number of benzene rings is 1. The lowest BCUT2D eigenvalue weighted by atomic mass is 10.0. The monoisotopic (exact) mass is 492 g/mol. The van der Waals surface area contributed by atoms with Crippen molar-refractivity contribution in [3.05, 3.63) is 65.5 Å². The third-order valence-corrected chi connectivity index (χ3v) is 6.09. The van der Waals surface area contributed by atoms with Crippen molar-refractivity contribution >= 4 is 35.5 Å². The first-order valence-electron chi connectivity index (χ1n) is 11.4. The predicted octanol–water partition coefficient (Wildman–Crippen LogP) is 1.15. The summed E-state index contributed by atoms with van der Waals surface area (Å²) < 4.78 is 5.24. The standard InChI is InChI=1S/C25H24N4O7/c1-14(2)20(27-21(31)15-6-5-11-26-12-15)25(35)36-13-28-19(30)10-9-18(24(28)34)29-22(32)16-7-3-4-8-17(16)23(29)33/h3-8,11-12,14,18,20H,9-10,13H2,1-2H3,(H,27,31). The first kappa shape index (κ1) is 24.7. The van der Waals surface area contributed by atoms with Crippen molar-refractivity contribution < 1.29 is 33.5 Å². The fraction of sp³-hybridized carbons (Fsp3) is 0.320. The number of nitrogens with one attached hydrogen (secondary N) is 1. The third kappa shape index (κ3) is 4.59. The molecule has 0 saturated carbocycles. The highest BCUT2D eigenvalue weighted by Gasteiger charge is 2.47. The number of pyridine rings is 1. The molecule has 0 bridgehead atoms. The molecule has 2 unspecified atom stereocenters. The van der Waals surface area contributed by atoms with Crippen LogP contribution in [0.2, 0.25) is 0 Å². The van der Waals surface area contributed by atoms with E-state index in [0.29, 0.717) is 0 Å². The Morgan fingerprint density at radius 2 is 1.72 bits per heavy atom. The smallest absolute Gasteiger partial charge is 0.330 e. The number of carbonyl (C=O) groups excluding carboxylic acids is 6. The minimum atomic E-state index is -1.19. The largest absolute Gasteiger partial charge is 0.442 e. The second kappa shape index (κ2) is 10.1. The molecule has 1 fully saturated rings. The molecule has 36 heavy (non-hydrogen) atoms. The summed E-state index contributed by atoms with van der Waals surface area (Å²) in [5.74, 6) is -4.37. The van der Waals surface area contributed by atoms with Gasteiger partial charge in [-0.2, -0.15) is 0 Å². The van der Waals surface area contributed by atoms with E-state index in [-0.39, 0.29) is 35.4 Å². The number of amides is 5. The van der Waals surface area contributed by atoms with Crippen LogP contribution in [-0.2, 0) is 19.1 Å². The number of rotatable bonds is 7. The van der Waals surface area contributed by atoms with Crippen LogP contribution in [0, 0.1) is 5.92 Å². The van der Waals surface area contributed by atoms with E-state index < -0.39 is 54.3 Å². The van der Waals surface area contributed by atoms with E-state index in [1.807, 2.05) is 0 Å². The van der Waals surface area contributed by atoms with Crippen molar-refractivity contribution in [2.45, 2.75) is 38.8 Å². The average molecular weight is 492 g/mol. The van der Waals surface area contributed by atoms with Gasteiger partial charge in [0.05, 0.1) is 16.7 Å². The Morgan fingerprint density at radius 3 is 2.31 bits per heavy atom. The predicted molar refractivity (Wildman–Crippen MR) is 123 cm³/mol. The van der Waals surface area contributed by atoms with E-state index in [9.17, 15) is 28.8 Å². The zero-order chi connectivity index (χ0) is 26.0. The van der Waals surface area contributed by atoms with Gasteiger partial charge >= 0.3 is 5.97 Å². The quantitative estimate of drug-likeness (QED) is 0.448. The van der Waals surface area contributed by atoms with E-state index in [1.54, 1.807) is 32.0 Å². The summed E-state index contributed by atoms with van der Waals surface area (Å²) >= 11 is 0. The topological polar surface area (TPSA) is 143 Å². The Balaban J connectivity index is 1.44. The summed E-state index contributed by atoms with van der Waals surface area (Å²) in [7, 11) is 0. The molecule has 2 aliphatic heterocycles. The highest BCUT2D eigenvalue weighted by Crippen LogP contribution is 2.29. The van der Waals surface area contributed by atoms with Gasteiger partial charge in [0.1, 0.15) is 12.1 Å². The van der Waals surface area contributed by atoms with Gasteiger partial charge in [-0.15, -0.1) is 0 Å². The number of nitrogens with zero attached hydrogens (tertiary/aromatic N) is 3. The Bertz CT molecular complexity index is 1210. The number of aromatic nitrogens is 1. The molecule has 0 spiro atoms. The average Bonchev–Trinajstić information content (AvgIpc) is 3.12. The van der Waals surface area contributed by atoms with Gasteiger partial charge in [0, 0.05) is 18.8 Å². The summed E-state index contributed by atoms with van der Waals surface area (Å²) in [5, 5.41) is 2.58. The minimum absolute atomic E-state index is 0.0244. The fourth-order valence-corrected chi connectivity index (χ4v) is 4.12. The second-order valence-corrected chi connectivity index (χ2v) is 8.77. The van der Waals surface area contributed by atoms with Gasteiger partial charge in [-0.25, -0.2) is 9.69 Å². The first-order valence-corrected chi connectivity index (χ1v) is 11.4. The van der Waals surface area contributed by atoms with Crippen LogP contribution in [0.3, 0.4) is 0 Å². The molecule has 2 aliphatic rings. The molecule has 186 valence electrons. The number of fused-ring (bicyclic) bond motifs is 1. The lowest BCUT2D eigenvalue weighted by molar-refractivity contribution is -0.165. The third-order valence-electron chi connectivity index (χ3n) is 6.09. The molecule has 0 aliphatic carbocycles. The van der Waals surface area contributed by atoms with Crippen LogP contribution in [0.1, 0.15) is 57.8 Å². The summed E-state index contributed by atoms with van der Waals surface area (Å²) in [6, 6.07) is 7.09. The van der Waals surface area contributed by atoms with Crippen molar-refractivity contribution in [3.63, 3.8) is 0 Å². The van der Waals surface area contributed by atoms with Crippen LogP contribution in [0.25, 0.3) is 0 Å².